The van der Waals surface area contributed by atoms with E-state index in [4.69, 9.17) is 9.57 Å². The largest absolute Gasteiger partial charge is 0.447 e. The topological polar surface area (TPSA) is 77.7 Å². The summed E-state index contributed by atoms with van der Waals surface area (Å²) in [6.45, 7) is 4.41. The van der Waals surface area contributed by atoms with Gasteiger partial charge in [0.15, 0.2) is 0 Å². The normalized spacial score (nSPS) is 15.9. The summed E-state index contributed by atoms with van der Waals surface area (Å²) in [7, 11) is 1.53. The van der Waals surface area contributed by atoms with Crippen LogP contribution in [-0.2, 0) is 29.0 Å². The number of rotatable bonds is 6. The van der Waals surface area contributed by atoms with E-state index in [0.717, 1.165) is 24.1 Å². The van der Waals surface area contributed by atoms with Gasteiger partial charge in [-0.3, -0.25) is 0 Å². The molecule has 7 nitrogen and oxygen atoms in total. The van der Waals surface area contributed by atoms with E-state index in [1.54, 1.807) is 6.21 Å². The van der Waals surface area contributed by atoms with Gasteiger partial charge in [-0.2, -0.15) is 4.37 Å². The quantitative estimate of drug-likeness (QED) is 0.494. The molecule has 152 valence electrons. The van der Waals surface area contributed by atoms with Crippen molar-refractivity contribution in [2.45, 2.75) is 45.4 Å². The van der Waals surface area contributed by atoms with Crippen molar-refractivity contribution in [2.75, 3.05) is 7.11 Å². The second-order valence-corrected chi connectivity index (χ2v) is 8.06. The Morgan fingerprint density at radius 3 is 3.00 bits per heavy atom. The smallest absolute Gasteiger partial charge is 0.407 e. The molecule has 1 amide bonds. The van der Waals surface area contributed by atoms with Gasteiger partial charge in [-0.15, -0.1) is 0 Å². The molecule has 2 heterocycles. The van der Waals surface area contributed by atoms with Gasteiger partial charge in [0.05, 0.1) is 24.6 Å². The first-order chi connectivity index (χ1) is 14.0. The molecule has 0 bridgehead atoms. The van der Waals surface area contributed by atoms with Gasteiger partial charge in [0.2, 0.25) is 0 Å². The fraction of sp³-hybridized carbons (Fsp3) is 0.381. The molecule has 0 saturated carbocycles. The zero-order chi connectivity index (χ0) is 20.4. The lowest BCUT2D eigenvalue weighted by Crippen LogP contribution is -2.37. The van der Waals surface area contributed by atoms with E-state index in [0.29, 0.717) is 6.54 Å². The maximum atomic E-state index is 12.1. The minimum absolute atomic E-state index is 0.0219. The number of oxime groups is 1. The zero-order valence-electron chi connectivity index (χ0n) is 16.7. The van der Waals surface area contributed by atoms with Gasteiger partial charge >= 0.3 is 6.09 Å². The third kappa shape index (κ3) is 4.12. The average Bonchev–Trinajstić information content (AvgIpc) is 3.38. The Bertz CT molecular complexity index is 1040. The van der Waals surface area contributed by atoms with E-state index in [1.807, 2.05) is 31.4 Å². The van der Waals surface area contributed by atoms with Crippen LogP contribution in [0.15, 0.2) is 34.8 Å². The molecule has 29 heavy (non-hydrogen) atoms. The van der Waals surface area contributed by atoms with Crippen LogP contribution in [0.1, 0.15) is 36.4 Å². The molecule has 0 radical (unpaired) electrons. The van der Waals surface area contributed by atoms with Gasteiger partial charge < -0.3 is 19.5 Å². The molecular weight excluding hydrogens is 388 g/mol. The van der Waals surface area contributed by atoms with Gasteiger partial charge in [0, 0.05) is 34.4 Å². The lowest BCUT2D eigenvalue weighted by molar-refractivity contribution is 0.112. The second-order valence-electron chi connectivity index (χ2n) is 7.40. The monoisotopic (exact) mass is 412 g/mol. The molecule has 8 heteroatoms. The standard InChI is InChI=1S/C21H24N4O3S/c1-13(2)28-21(26)23-16-9-18-17-8-14(11-22-27-3)4-5-19(17)25(20(18)10-16)12-15-6-7-29-24-15/h4-8,11,13,16H,9-10,12H2,1-3H3,(H,23,26)/t16-/m0/s1. The number of alkyl carbamates (subject to hydrolysis) is 1. The number of carbonyl (C=O) groups excluding carboxylic acids is 1. The van der Waals surface area contributed by atoms with Crippen molar-refractivity contribution in [3.05, 3.63) is 52.2 Å². The number of carbonyl (C=O) groups is 1. The van der Waals surface area contributed by atoms with Crippen molar-refractivity contribution in [3.63, 3.8) is 0 Å². The molecular formula is C21H24N4O3S. The van der Waals surface area contributed by atoms with E-state index < -0.39 is 0 Å². The highest BCUT2D eigenvalue weighted by Crippen LogP contribution is 2.34. The predicted molar refractivity (Wildman–Crippen MR) is 114 cm³/mol. The first-order valence-corrected chi connectivity index (χ1v) is 10.5. The number of hydrogen-bond acceptors (Lipinski definition) is 6. The van der Waals surface area contributed by atoms with Crippen molar-refractivity contribution in [2.24, 2.45) is 5.16 Å². The molecule has 0 saturated heterocycles. The Morgan fingerprint density at radius 2 is 2.28 bits per heavy atom. The van der Waals surface area contributed by atoms with Crippen LogP contribution in [0.25, 0.3) is 10.9 Å². The van der Waals surface area contributed by atoms with Crippen LogP contribution in [0.5, 0.6) is 0 Å². The number of amides is 1. The highest BCUT2D eigenvalue weighted by Gasteiger charge is 2.30. The molecule has 3 aromatic rings. The molecule has 4 rings (SSSR count). The zero-order valence-corrected chi connectivity index (χ0v) is 17.5. The lowest BCUT2D eigenvalue weighted by atomic mass is 10.1. The second kappa shape index (κ2) is 8.24. The SMILES string of the molecule is CON=Cc1ccc2c(c1)c1c(n2Cc2ccsn2)C[C@@H](NC(=O)OC(C)C)C1. The molecule has 1 atom stereocenters. The Labute approximate surface area is 173 Å². The number of hydrogen-bond donors (Lipinski definition) is 1. The number of aromatic nitrogens is 2. The summed E-state index contributed by atoms with van der Waals surface area (Å²) in [4.78, 5) is 16.9. The van der Waals surface area contributed by atoms with Gasteiger partial charge in [0.25, 0.3) is 0 Å². The lowest BCUT2D eigenvalue weighted by Gasteiger charge is -2.16. The number of benzene rings is 1. The summed E-state index contributed by atoms with van der Waals surface area (Å²) >= 11 is 1.46. The van der Waals surface area contributed by atoms with Crippen LogP contribution in [0, 0.1) is 0 Å². The number of fused-ring (bicyclic) bond motifs is 3. The Hall–Kier alpha value is -2.87. The van der Waals surface area contributed by atoms with Crippen LogP contribution < -0.4 is 5.32 Å². The molecule has 0 aliphatic heterocycles. The maximum absolute atomic E-state index is 12.1. The molecule has 0 unspecified atom stereocenters. The van der Waals surface area contributed by atoms with Gasteiger partial charge in [-0.1, -0.05) is 11.2 Å². The minimum atomic E-state index is -0.363. The fourth-order valence-corrected chi connectivity index (χ4v) is 4.41. The summed E-state index contributed by atoms with van der Waals surface area (Å²) in [6, 6.07) is 8.35. The predicted octanol–water partition coefficient (Wildman–Crippen LogP) is 3.73. The molecule has 2 aromatic heterocycles. The van der Waals surface area contributed by atoms with Crippen molar-refractivity contribution < 1.29 is 14.4 Å². The Balaban J connectivity index is 1.68. The molecule has 1 aliphatic rings. The fourth-order valence-electron chi connectivity index (χ4n) is 3.88. The summed E-state index contributed by atoms with van der Waals surface area (Å²) < 4.78 is 12.0. The summed E-state index contributed by atoms with van der Waals surface area (Å²) in [6.07, 6.45) is 2.74. The average molecular weight is 413 g/mol. The van der Waals surface area contributed by atoms with E-state index >= 15 is 0 Å². The molecule has 1 aliphatic carbocycles. The third-order valence-electron chi connectivity index (χ3n) is 4.98. The summed E-state index contributed by atoms with van der Waals surface area (Å²) in [5.74, 6) is 0. The van der Waals surface area contributed by atoms with E-state index in [-0.39, 0.29) is 18.2 Å². The van der Waals surface area contributed by atoms with Crippen molar-refractivity contribution in [1.82, 2.24) is 14.3 Å². The first kappa shape index (κ1) is 19.4. The number of nitrogens with zero attached hydrogens (tertiary/aromatic N) is 3. The van der Waals surface area contributed by atoms with E-state index in [1.165, 1.54) is 40.8 Å². The van der Waals surface area contributed by atoms with Crippen molar-refractivity contribution in [3.8, 4) is 0 Å². The molecule has 0 fully saturated rings. The first-order valence-electron chi connectivity index (χ1n) is 9.62. The highest BCUT2D eigenvalue weighted by molar-refractivity contribution is 7.03. The number of ether oxygens (including phenoxy) is 1. The van der Waals surface area contributed by atoms with Gasteiger partial charge in [-0.05, 0) is 61.1 Å². The van der Waals surface area contributed by atoms with Crippen LogP contribution in [-0.4, -0.2) is 40.5 Å². The van der Waals surface area contributed by atoms with E-state index in [2.05, 4.69) is 31.5 Å². The molecule has 0 spiro atoms. The van der Waals surface area contributed by atoms with Crippen molar-refractivity contribution in [1.29, 1.82) is 0 Å². The highest BCUT2D eigenvalue weighted by atomic mass is 32.1. The van der Waals surface area contributed by atoms with Crippen LogP contribution in [0.2, 0.25) is 0 Å². The molecule has 1 aromatic carbocycles. The third-order valence-corrected chi connectivity index (χ3v) is 5.58. The maximum Gasteiger partial charge on any atom is 0.407 e. The van der Waals surface area contributed by atoms with Crippen molar-refractivity contribution >= 4 is 34.7 Å². The minimum Gasteiger partial charge on any atom is -0.447 e. The Morgan fingerprint density at radius 1 is 1.41 bits per heavy atom. The van der Waals surface area contributed by atoms with Gasteiger partial charge in [0.1, 0.15) is 7.11 Å². The number of nitrogens with one attached hydrogen (secondary N) is 1. The molecule has 1 N–H and O–H groups in total. The van der Waals surface area contributed by atoms with Gasteiger partial charge in [-0.25, -0.2) is 4.79 Å². The summed E-state index contributed by atoms with van der Waals surface area (Å²) in [5.41, 5.74) is 5.68. The Kier molecular flexibility index (Phi) is 5.53. The summed E-state index contributed by atoms with van der Waals surface area (Å²) in [5, 5.41) is 10.1. The van der Waals surface area contributed by atoms with Crippen LogP contribution in [0.4, 0.5) is 4.79 Å². The van der Waals surface area contributed by atoms with Crippen LogP contribution in [0.3, 0.4) is 0 Å². The van der Waals surface area contributed by atoms with E-state index in [9.17, 15) is 4.79 Å². The van der Waals surface area contributed by atoms with Crippen LogP contribution >= 0.6 is 11.5 Å².